The molecule has 106 valence electrons. The van der Waals surface area contributed by atoms with Gasteiger partial charge in [-0.15, -0.1) is 11.6 Å². The number of anilines is 1. The molecule has 0 saturated heterocycles. The van der Waals surface area contributed by atoms with Crippen LogP contribution in [0.5, 0.6) is 0 Å². The Hall–Kier alpha value is -0.760. The van der Waals surface area contributed by atoms with Gasteiger partial charge in [0.2, 0.25) is 0 Å². The summed E-state index contributed by atoms with van der Waals surface area (Å²) in [6.45, 7) is 4.35. The van der Waals surface area contributed by atoms with Gasteiger partial charge in [-0.2, -0.15) is 0 Å². The Morgan fingerprint density at radius 2 is 1.95 bits per heavy atom. The molecule has 1 saturated carbocycles. The number of hydrogen-bond donors (Lipinski definition) is 0. The van der Waals surface area contributed by atoms with Crippen molar-refractivity contribution in [3.8, 4) is 0 Å². The van der Waals surface area contributed by atoms with Gasteiger partial charge in [-0.3, -0.25) is 0 Å². The fraction of sp³-hybridized carbons (Fsp3) is 0.688. The normalized spacial score (nSPS) is 23.4. The molecular formula is C16H25ClN2. The quantitative estimate of drug-likeness (QED) is 0.753. The summed E-state index contributed by atoms with van der Waals surface area (Å²) in [5, 5.41) is 0. The summed E-state index contributed by atoms with van der Waals surface area (Å²) in [7, 11) is 2.18. The highest BCUT2D eigenvalue weighted by Gasteiger charge is 2.23. The van der Waals surface area contributed by atoms with E-state index in [1.54, 1.807) is 0 Å². The Morgan fingerprint density at radius 3 is 2.47 bits per heavy atom. The van der Waals surface area contributed by atoms with Gasteiger partial charge in [0, 0.05) is 24.7 Å². The summed E-state index contributed by atoms with van der Waals surface area (Å²) in [4.78, 5) is 7.06. The van der Waals surface area contributed by atoms with E-state index in [0.29, 0.717) is 11.9 Å². The molecule has 1 heterocycles. The molecule has 0 aliphatic heterocycles. The lowest BCUT2D eigenvalue weighted by Gasteiger charge is -2.35. The highest BCUT2D eigenvalue weighted by Crippen LogP contribution is 2.30. The van der Waals surface area contributed by atoms with E-state index in [4.69, 9.17) is 16.6 Å². The third-order valence-corrected chi connectivity index (χ3v) is 4.92. The smallest absolute Gasteiger partial charge is 0.128 e. The van der Waals surface area contributed by atoms with Crippen molar-refractivity contribution in [2.75, 3.05) is 11.9 Å². The summed E-state index contributed by atoms with van der Waals surface area (Å²) in [6.07, 6.45) is 6.66. The van der Waals surface area contributed by atoms with Crippen LogP contribution in [0.3, 0.4) is 0 Å². The van der Waals surface area contributed by atoms with Gasteiger partial charge < -0.3 is 4.90 Å². The summed E-state index contributed by atoms with van der Waals surface area (Å²) in [5.41, 5.74) is 2.19. The van der Waals surface area contributed by atoms with Gasteiger partial charge >= 0.3 is 0 Å². The van der Waals surface area contributed by atoms with E-state index in [0.717, 1.165) is 23.0 Å². The Balaban J connectivity index is 2.03. The van der Waals surface area contributed by atoms with Crippen LogP contribution in [0.2, 0.25) is 0 Å². The second-order valence-corrected chi connectivity index (χ2v) is 6.01. The standard InChI is InChI=1S/C16H25ClN2/c1-4-13-5-8-15(9-6-13)19(3)16-10-7-14(11-17)12(2)18-16/h7,10,13,15H,4-6,8-9,11H2,1-3H3. The van der Waals surface area contributed by atoms with E-state index < -0.39 is 0 Å². The van der Waals surface area contributed by atoms with Crippen LogP contribution < -0.4 is 4.90 Å². The minimum Gasteiger partial charge on any atom is -0.357 e. The molecule has 2 nitrogen and oxygen atoms in total. The van der Waals surface area contributed by atoms with Gasteiger partial charge in [-0.1, -0.05) is 19.4 Å². The van der Waals surface area contributed by atoms with Crippen molar-refractivity contribution in [3.63, 3.8) is 0 Å². The predicted octanol–water partition coefficient (Wildman–Crippen LogP) is 4.53. The first-order valence-corrected chi connectivity index (χ1v) is 7.94. The molecule has 1 aliphatic carbocycles. The topological polar surface area (TPSA) is 16.1 Å². The third-order valence-electron chi connectivity index (χ3n) is 4.63. The second-order valence-electron chi connectivity index (χ2n) is 5.74. The molecule has 0 radical (unpaired) electrons. The number of aromatic nitrogens is 1. The van der Waals surface area contributed by atoms with Crippen LogP contribution in [0.4, 0.5) is 5.82 Å². The average Bonchev–Trinajstić information content (AvgIpc) is 2.46. The van der Waals surface area contributed by atoms with Crippen LogP contribution in [0.1, 0.15) is 50.3 Å². The van der Waals surface area contributed by atoms with Crippen LogP contribution in [0.15, 0.2) is 12.1 Å². The van der Waals surface area contributed by atoms with E-state index in [9.17, 15) is 0 Å². The van der Waals surface area contributed by atoms with Crippen LogP contribution in [0.25, 0.3) is 0 Å². The molecule has 0 spiro atoms. The van der Waals surface area contributed by atoms with Crippen LogP contribution in [-0.4, -0.2) is 18.1 Å². The Kier molecular flexibility index (Phi) is 5.09. The van der Waals surface area contributed by atoms with Crippen molar-refractivity contribution < 1.29 is 0 Å². The van der Waals surface area contributed by atoms with Crippen molar-refractivity contribution in [1.29, 1.82) is 0 Å². The number of aryl methyl sites for hydroxylation is 1. The molecule has 0 N–H and O–H groups in total. The molecule has 2 rings (SSSR count). The van der Waals surface area contributed by atoms with Gasteiger partial charge in [0.05, 0.1) is 0 Å². The lowest BCUT2D eigenvalue weighted by atomic mass is 9.84. The Morgan fingerprint density at radius 1 is 1.26 bits per heavy atom. The van der Waals surface area contributed by atoms with Gasteiger partial charge in [0.25, 0.3) is 0 Å². The van der Waals surface area contributed by atoms with E-state index in [1.807, 2.05) is 6.92 Å². The maximum atomic E-state index is 5.89. The van der Waals surface area contributed by atoms with Crippen molar-refractivity contribution in [1.82, 2.24) is 4.98 Å². The maximum Gasteiger partial charge on any atom is 0.128 e. The lowest BCUT2D eigenvalue weighted by Crippen LogP contribution is -2.35. The monoisotopic (exact) mass is 280 g/mol. The van der Waals surface area contributed by atoms with E-state index in [2.05, 4.69) is 31.0 Å². The molecule has 1 aromatic rings. The summed E-state index contributed by atoms with van der Waals surface area (Å²) < 4.78 is 0. The molecule has 0 atom stereocenters. The first-order valence-electron chi connectivity index (χ1n) is 7.41. The van der Waals surface area contributed by atoms with Gasteiger partial charge in [0.1, 0.15) is 5.82 Å². The zero-order valence-corrected chi connectivity index (χ0v) is 13.1. The molecule has 0 amide bonds. The SMILES string of the molecule is CCC1CCC(N(C)c2ccc(CCl)c(C)n2)CC1. The zero-order valence-electron chi connectivity index (χ0n) is 12.3. The van der Waals surface area contributed by atoms with Gasteiger partial charge in [-0.25, -0.2) is 4.98 Å². The highest BCUT2D eigenvalue weighted by atomic mass is 35.5. The number of rotatable bonds is 4. The second kappa shape index (κ2) is 6.60. The lowest BCUT2D eigenvalue weighted by molar-refractivity contribution is 0.313. The molecule has 19 heavy (non-hydrogen) atoms. The van der Waals surface area contributed by atoms with E-state index >= 15 is 0 Å². The summed E-state index contributed by atoms with van der Waals surface area (Å²) in [6, 6.07) is 4.87. The van der Waals surface area contributed by atoms with Gasteiger partial charge in [0.15, 0.2) is 0 Å². The number of hydrogen-bond acceptors (Lipinski definition) is 2. The predicted molar refractivity (Wildman–Crippen MR) is 83.0 cm³/mol. The van der Waals surface area contributed by atoms with Crippen molar-refractivity contribution in [2.24, 2.45) is 5.92 Å². The first kappa shape index (κ1) is 14.6. The van der Waals surface area contributed by atoms with Crippen LogP contribution >= 0.6 is 11.6 Å². The van der Waals surface area contributed by atoms with E-state index in [1.165, 1.54) is 32.1 Å². The van der Waals surface area contributed by atoms with E-state index in [-0.39, 0.29) is 0 Å². The fourth-order valence-electron chi connectivity index (χ4n) is 3.04. The first-order chi connectivity index (χ1) is 9.15. The Labute approximate surface area is 122 Å². The molecule has 0 unspecified atom stereocenters. The fourth-order valence-corrected chi connectivity index (χ4v) is 3.32. The molecule has 1 fully saturated rings. The minimum atomic E-state index is 0.546. The number of alkyl halides is 1. The maximum absolute atomic E-state index is 5.89. The molecule has 1 aliphatic rings. The highest BCUT2D eigenvalue weighted by molar-refractivity contribution is 6.17. The molecular weight excluding hydrogens is 256 g/mol. The molecule has 1 aromatic heterocycles. The van der Waals surface area contributed by atoms with Crippen molar-refractivity contribution >= 4 is 17.4 Å². The largest absolute Gasteiger partial charge is 0.357 e. The van der Waals surface area contributed by atoms with Gasteiger partial charge in [-0.05, 0) is 50.2 Å². The van der Waals surface area contributed by atoms with Crippen molar-refractivity contribution in [3.05, 3.63) is 23.4 Å². The third kappa shape index (κ3) is 3.42. The number of nitrogens with zero attached hydrogens (tertiary/aromatic N) is 2. The van der Waals surface area contributed by atoms with Crippen molar-refractivity contribution in [2.45, 2.75) is 57.9 Å². The average molecular weight is 281 g/mol. The number of pyridine rings is 1. The van der Waals surface area contributed by atoms with Crippen LogP contribution in [-0.2, 0) is 5.88 Å². The molecule has 0 bridgehead atoms. The molecule has 3 heteroatoms. The summed E-state index contributed by atoms with van der Waals surface area (Å²) in [5.74, 6) is 2.58. The number of halogens is 1. The zero-order chi connectivity index (χ0) is 13.8. The van der Waals surface area contributed by atoms with Crippen LogP contribution in [0, 0.1) is 12.8 Å². The minimum absolute atomic E-state index is 0.546. The summed E-state index contributed by atoms with van der Waals surface area (Å²) >= 11 is 5.89. The molecule has 0 aromatic carbocycles. The Bertz CT molecular complexity index is 411.